The molecule has 0 spiro atoms. The summed E-state index contributed by atoms with van der Waals surface area (Å²) in [5.74, 6) is 0.00241. The molecule has 0 radical (unpaired) electrons. The Hall–Kier alpha value is -2.27. The minimum Gasteiger partial charge on any atom is -0.401 e. The molecule has 1 unspecified atom stereocenters. The van der Waals surface area contributed by atoms with E-state index in [2.05, 4.69) is 4.98 Å². The fraction of sp³-hybridized carbons (Fsp3) is 0.333. The largest absolute Gasteiger partial charge is 0.401 e. The van der Waals surface area contributed by atoms with E-state index in [0.29, 0.717) is 23.1 Å². The number of fused-ring (bicyclic) bond motifs is 1. The van der Waals surface area contributed by atoms with Crippen LogP contribution in [0.5, 0.6) is 0 Å². The highest BCUT2D eigenvalue weighted by Gasteiger charge is 2.30. The van der Waals surface area contributed by atoms with Crippen LogP contribution < -0.4 is 5.73 Å². The second kappa shape index (κ2) is 6.32. The standard InChI is InChI=1S/C18H21ClN4O/c1-4-14(20)10-23-12(3)8-22-9-13(5-16(22)18(23)24)15-6-17(19)21-7-11(15)2/h4-7,9,12H,8,10,20H2,1-3H3/b14-4-. The van der Waals surface area contributed by atoms with E-state index < -0.39 is 0 Å². The molecular formula is C18H21ClN4O. The van der Waals surface area contributed by atoms with Gasteiger partial charge < -0.3 is 15.2 Å². The molecule has 3 heterocycles. The highest BCUT2D eigenvalue weighted by atomic mass is 35.5. The number of hydrogen-bond donors (Lipinski definition) is 1. The van der Waals surface area contributed by atoms with Gasteiger partial charge in [-0.05, 0) is 44.0 Å². The minimum atomic E-state index is 0.00241. The van der Waals surface area contributed by atoms with Crippen molar-refractivity contribution in [1.29, 1.82) is 0 Å². The number of nitrogens with zero attached hydrogens (tertiary/aromatic N) is 3. The molecule has 0 fully saturated rings. The second-order valence-corrected chi connectivity index (χ2v) is 6.62. The van der Waals surface area contributed by atoms with E-state index >= 15 is 0 Å². The smallest absolute Gasteiger partial charge is 0.271 e. The third-order valence-corrected chi connectivity index (χ3v) is 4.68. The van der Waals surface area contributed by atoms with Crippen molar-refractivity contribution >= 4 is 17.5 Å². The molecule has 0 saturated heterocycles. The summed E-state index contributed by atoms with van der Waals surface area (Å²) in [6.45, 7) is 7.11. The van der Waals surface area contributed by atoms with Crippen molar-refractivity contribution in [2.45, 2.75) is 33.4 Å². The first-order chi connectivity index (χ1) is 11.4. The molecule has 3 rings (SSSR count). The molecular weight excluding hydrogens is 324 g/mol. The number of nitrogens with two attached hydrogens (primary N) is 1. The number of pyridine rings is 1. The summed E-state index contributed by atoms with van der Waals surface area (Å²) in [4.78, 5) is 18.8. The topological polar surface area (TPSA) is 64.2 Å². The first-order valence-electron chi connectivity index (χ1n) is 7.95. The fourth-order valence-corrected chi connectivity index (χ4v) is 3.20. The molecule has 6 heteroatoms. The molecule has 1 amide bonds. The van der Waals surface area contributed by atoms with Gasteiger partial charge in [0.2, 0.25) is 0 Å². The van der Waals surface area contributed by atoms with Crippen LogP contribution in [0, 0.1) is 6.92 Å². The molecule has 0 bridgehead atoms. The number of halogens is 1. The van der Waals surface area contributed by atoms with Gasteiger partial charge in [0.05, 0.1) is 6.54 Å². The highest BCUT2D eigenvalue weighted by Crippen LogP contribution is 2.30. The Morgan fingerprint density at radius 2 is 2.25 bits per heavy atom. The van der Waals surface area contributed by atoms with Gasteiger partial charge in [-0.25, -0.2) is 4.98 Å². The molecule has 1 atom stereocenters. The van der Waals surface area contributed by atoms with Crippen molar-refractivity contribution in [3.05, 3.63) is 52.7 Å². The van der Waals surface area contributed by atoms with Crippen molar-refractivity contribution in [3.63, 3.8) is 0 Å². The Labute approximate surface area is 146 Å². The maximum atomic E-state index is 12.9. The van der Waals surface area contributed by atoms with Crippen LogP contribution in [0.15, 0.2) is 36.3 Å². The number of aromatic nitrogens is 2. The van der Waals surface area contributed by atoms with Crippen LogP contribution in [0.2, 0.25) is 5.15 Å². The van der Waals surface area contributed by atoms with Gasteiger partial charge >= 0.3 is 0 Å². The lowest BCUT2D eigenvalue weighted by atomic mass is 10.1. The highest BCUT2D eigenvalue weighted by molar-refractivity contribution is 6.29. The van der Waals surface area contributed by atoms with Crippen molar-refractivity contribution in [2.24, 2.45) is 5.73 Å². The van der Waals surface area contributed by atoms with Gasteiger partial charge in [0.15, 0.2) is 0 Å². The van der Waals surface area contributed by atoms with E-state index in [1.807, 2.05) is 54.6 Å². The maximum Gasteiger partial charge on any atom is 0.271 e. The number of hydrogen-bond acceptors (Lipinski definition) is 3. The van der Waals surface area contributed by atoms with Gasteiger partial charge in [-0.15, -0.1) is 0 Å². The summed E-state index contributed by atoms with van der Waals surface area (Å²) in [5, 5.41) is 0.446. The quantitative estimate of drug-likeness (QED) is 0.869. The predicted octanol–water partition coefficient (Wildman–Crippen LogP) is 3.22. The van der Waals surface area contributed by atoms with Crippen molar-refractivity contribution in [1.82, 2.24) is 14.5 Å². The summed E-state index contributed by atoms with van der Waals surface area (Å²) in [5.41, 5.74) is 10.3. The fourth-order valence-electron chi connectivity index (χ4n) is 3.04. The van der Waals surface area contributed by atoms with E-state index in [1.165, 1.54) is 0 Å². The third kappa shape index (κ3) is 2.91. The monoisotopic (exact) mass is 344 g/mol. The third-order valence-electron chi connectivity index (χ3n) is 4.47. The molecule has 0 aliphatic carbocycles. The summed E-state index contributed by atoms with van der Waals surface area (Å²) in [6, 6.07) is 3.85. The minimum absolute atomic E-state index is 0.00241. The number of rotatable bonds is 3. The lowest BCUT2D eigenvalue weighted by molar-refractivity contribution is 0.0636. The molecule has 0 aromatic carbocycles. The van der Waals surface area contributed by atoms with Crippen LogP contribution in [0.4, 0.5) is 0 Å². The van der Waals surface area contributed by atoms with Crippen molar-refractivity contribution in [3.8, 4) is 11.1 Å². The zero-order valence-corrected chi connectivity index (χ0v) is 14.8. The predicted molar refractivity (Wildman–Crippen MR) is 95.9 cm³/mol. The van der Waals surface area contributed by atoms with Gasteiger partial charge in [0.1, 0.15) is 10.8 Å². The molecule has 126 valence electrons. The molecule has 2 N–H and O–H groups in total. The molecule has 2 aromatic heterocycles. The molecule has 24 heavy (non-hydrogen) atoms. The number of aryl methyl sites for hydroxylation is 1. The van der Waals surface area contributed by atoms with Crippen LogP contribution in [0.3, 0.4) is 0 Å². The second-order valence-electron chi connectivity index (χ2n) is 6.23. The van der Waals surface area contributed by atoms with E-state index in [1.54, 1.807) is 6.20 Å². The number of carbonyl (C=O) groups is 1. The Morgan fingerprint density at radius 3 is 2.96 bits per heavy atom. The molecule has 1 aliphatic rings. The average Bonchev–Trinajstić information content (AvgIpc) is 2.97. The Balaban J connectivity index is 1.99. The van der Waals surface area contributed by atoms with E-state index in [-0.39, 0.29) is 11.9 Å². The van der Waals surface area contributed by atoms with Gasteiger partial charge in [0, 0.05) is 36.2 Å². The number of carbonyl (C=O) groups excluding carboxylic acids is 1. The Kier molecular flexibility index (Phi) is 4.37. The number of allylic oxidation sites excluding steroid dienone is 1. The zero-order chi connectivity index (χ0) is 17.4. The molecule has 5 nitrogen and oxygen atoms in total. The van der Waals surface area contributed by atoms with Gasteiger partial charge in [0.25, 0.3) is 5.91 Å². The van der Waals surface area contributed by atoms with Crippen LogP contribution in [-0.4, -0.2) is 32.9 Å². The summed E-state index contributed by atoms with van der Waals surface area (Å²) >= 11 is 6.03. The summed E-state index contributed by atoms with van der Waals surface area (Å²) < 4.78 is 2.01. The van der Waals surface area contributed by atoms with Crippen LogP contribution in [-0.2, 0) is 6.54 Å². The summed E-state index contributed by atoms with van der Waals surface area (Å²) in [7, 11) is 0. The van der Waals surface area contributed by atoms with Crippen LogP contribution in [0.25, 0.3) is 11.1 Å². The van der Waals surface area contributed by atoms with Gasteiger partial charge in [-0.2, -0.15) is 0 Å². The zero-order valence-electron chi connectivity index (χ0n) is 14.1. The normalized spacial score (nSPS) is 18.0. The number of amides is 1. The van der Waals surface area contributed by atoms with E-state index in [0.717, 1.165) is 23.2 Å². The lowest BCUT2D eigenvalue weighted by Gasteiger charge is -2.34. The van der Waals surface area contributed by atoms with E-state index in [4.69, 9.17) is 17.3 Å². The first-order valence-corrected chi connectivity index (χ1v) is 8.32. The Bertz CT molecular complexity index is 824. The van der Waals surface area contributed by atoms with Crippen molar-refractivity contribution in [2.75, 3.05) is 6.54 Å². The van der Waals surface area contributed by atoms with Crippen LogP contribution in [0.1, 0.15) is 29.9 Å². The van der Waals surface area contributed by atoms with Crippen LogP contribution >= 0.6 is 11.6 Å². The SMILES string of the molecule is C/C=C(\N)CN1C(=O)c2cc(-c3cc(Cl)ncc3C)cn2CC1C. The average molecular weight is 345 g/mol. The first kappa shape index (κ1) is 16.6. The van der Waals surface area contributed by atoms with Gasteiger partial charge in [-0.1, -0.05) is 17.7 Å². The molecule has 2 aromatic rings. The summed E-state index contributed by atoms with van der Waals surface area (Å²) in [6.07, 6.45) is 5.60. The molecule has 1 aliphatic heterocycles. The van der Waals surface area contributed by atoms with E-state index in [9.17, 15) is 4.79 Å². The maximum absolute atomic E-state index is 12.9. The van der Waals surface area contributed by atoms with Gasteiger partial charge in [-0.3, -0.25) is 4.79 Å². The Morgan fingerprint density at radius 1 is 1.50 bits per heavy atom. The van der Waals surface area contributed by atoms with Crippen molar-refractivity contribution < 1.29 is 4.79 Å². The molecule has 0 saturated carbocycles. The lowest BCUT2D eigenvalue weighted by Crippen LogP contribution is -2.47.